The Morgan fingerprint density at radius 1 is 1.48 bits per heavy atom. The summed E-state index contributed by atoms with van der Waals surface area (Å²) in [7, 11) is -2.76. The Hall–Kier alpha value is -1.51. The number of nitrogens with one attached hydrogen (secondary N) is 1. The lowest BCUT2D eigenvalue weighted by Gasteiger charge is -2.34. The van der Waals surface area contributed by atoms with Gasteiger partial charge in [0.15, 0.2) is 0 Å². The number of rotatable bonds is 4. The molecule has 3 N–H and O–H groups in total. The van der Waals surface area contributed by atoms with Gasteiger partial charge in [0.2, 0.25) is 10.0 Å². The van der Waals surface area contributed by atoms with Crippen LogP contribution >= 0.6 is 0 Å². The van der Waals surface area contributed by atoms with Gasteiger partial charge in [0, 0.05) is 24.7 Å². The van der Waals surface area contributed by atoms with E-state index in [4.69, 9.17) is 5.73 Å². The molecule has 0 unspecified atom stereocenters. The van der Waals surface area contributed by atoms with Crippen molar-refractivity contribution in [1.29, 1.82) is 0 Å². The van der Waals surface area contributed by atoms with Gasteiger partial charge in [-0.3, -0.25) is 4.79 Å². The topological polar surface area (TPSA) is 92.5 Å². The van der Waals surface area contributed by atoms with Crippen LogP contribution in [0.15, 0.2) is 23.1 Å². The number of carbonyl (C=O) groups excluding carboxylic acids is 1. The Morgan fingerprint density at radius 2 is 2.17 bits per heavy atom. The second-order valence-electron chi connectivity index (χ2n) is 5.87. The number of halogens is 1. The molecule has 1 saturated heterocycles. The second kappa shape index (κ2) is 6.94. The first-order chi connectivity index (χ1) is 10.8. The molecule has 1 aliphatic rings. The summed E-state index contributed by atoms with van der Waals surface area (Å²) in [5, 5.41) is 0. The molecule has 1 aromatic rings. The van der Waals surface area contributed by atoms with E-state index >= 15 is 0 Å². The number of likely N-dealkylation sites (tertiary alicyclic amines) is 1. The third kappa shape index (κ3) is 3.88. The summed E-state index contributed by atoms with van der Waals surface area (Å²) in [6.45, 7) is 3.03. The van der Waals surface area contributed by atoms with E-state index in [-0.39, 0.29) is 23.4 Å². The highest BCUT2D eigenvalue weighted by atomic mass is 32.2. The summed E-state index contributed by atoms with van der Waals surface area (Å²) in [4.78, 5) is 13.7. The predicted octanol–water partition coefficient (Wildman–Crippen LogP) is 0.933. The first-order valence-corrected chi connectivity index (χ1v) is 9.02. The highest BCUT2D eigenvalue weighted by molar-refractivity contribution is 7.89. The number of amides is 1. The summed E-state index contributed by atoms with van der Waals surface area (Å²) in [6.07, 6.45) is 1.81. The molecule has 1 amide bonds. The van der Waals surface area contributed by atoms with Crippen molar-refractivity contribution in [2.75, 3.05) is 20.1 Å². The minimum atomic E-state index is -3.96. The van der Waals surface area contributed by atoms with Crippen LogP contribution in [0.3, 0.4) is 0 Å². The van der Waals surface area contributed by atoms with Gasteiger partial charge in [0.05, 0.1) is 0 Å². The van der Waals surface area contributed by atoms with Crippen LogP contribution < -0.4 is 10.5 Å². The van der Waals surface area contributed by atoms with Crippen LogP contribution in [0, 0.1) is 11.7 Å². The normalized spacial score (nSPS) is 20.3. The number of hydrogen-bond acceptors (Lipinski definition) is 4. The minimum Gasteiger partial charge on any atom is -0.338 e. The molecule has 0 spiro atoms. The molecule has 6 nitrogen and oxygen atoms in total. The molecule has 0 bridgehead atoms. The van der Waals surface area contributed by atoms with E-state index in [0.29, 0.717) is 13.1 Å². The quantitative estimate of drug-likeness (QED) is 0.851. The molecule has 8 heteroatoms. The first kappa shape index (κ1) is 17.8. The maximum absolute atomic E-state index is 13.8. The lowest BCUT2D eigenvalue weighted by Crippen LogP contribution is -2.45. The summed E-state index contributed by atoms with van der Waals surface area (Å²) >= 11 is 0. The van der Waals surface area contributed by atoms with Gasteiger partial charge in [-0.25, -0.2) is 17.5 Å². The molecule has 128 valence electrons. The molecule has 1 aliphatic heterocycles. The van der Waals surface area contributed by atoms with Crippen LogP contribution in [0.25, 0.3) is 0 Å². The van der Waals surface area contributed by atoms with Gasteiger partial charge in [-0.05, 0) is 50.9 Å². The number of benzene rings is 1. The van der Waals surface area contributed by atoms with E-state index in [1.165, 1.54) is 13.1 Å². The summed E-state index contributed by atoms with van der Waals surface area (Å²) in [5.74, 6) is -0.973. The van der Waals surface area contributed by atoms with Gasteiger partial charge in [-0.2, -0.15) is 0 Å². The molecular weight excluding hydrogens is 321 g/mol. The highest BCUT2D eigenvalue weighted by Gasteiger charge is 2.27. The lowest BCUT2D eigenvalue weighted by atomic mass is 9.92. The van der Waals surface area contributed by atoms with Crippen LogP contribution in [-0.4, -0.2) is 45.4 Å². The smallest absolute Gasteiger partial charge is 0.253 e. The Kier molecular flexibility index (Phi) is 5.38. The molecule has 1 aromatic carbocycles. The van der Waals surface area contributed by atoms with Crippen molar-refractivity contribution in [1.82, 2.24) is 9.62 Å². The van der Waals surface area contributed by atoms with Crippen LogP contribution in [0.5, 0.6) is 0 Å². The largest absolute Gasteiger partial charge is 0.338 e. The van der Waals surface area contributed by atoms with E-state index < -0.39 is 20.7 Å². The SMILES string of the molecule is CNS(=O)(=O)c1cc(C(=O)N2CCC[C@H]([C@@H](C)N)C2)ccc1F. The number of nitrogens with two attached hydrogens (primary N) is 1. The number of nitrogens with zero attached hydrogens (tertiary/aromatic N) is 1. The zero-order valence-corrected chi connectivity index (χ0v) is 14.1. The Balaban J connectivity index is 2.28. The first-order valence-electron chi connectivity index (χ1n) is 7.54. The number of hydrogen-bond donors (Lipinski definition) is 2. The van der Waals surface area contributed by atoms with Crippen LogP contribution in [0.2, 0.25) is 0 Å². The maximum atomic E-state index is 13.8. The molecule has 2 rings (SSSR count). The third-order valence-electron chi connectivity index (χ3n) is 4.23. The second-order valence-corrected chi connectivity index (χ2v) is 7.72. The average Bonchev–Trinajstić information content (AvgIpc) is 2.54. The van der Waals surface area contributed by atoms with E-state index in [2.05, 4.69) is 4.72 Å². The molecule has 1 heterocycles. The predicted molar refractivity (Wildman–Crippen MR) is 84.9 cm³/mol. The fourth-order valence-electron chi connectivity index (χ4n) is 2.76. The van der Waals surface area contributed by atoms with Crippen LogP contribution in [-0.2, 0) is 10.0 Å². The van der Waals surface area contributed by atoms with E-state index in [9.17, 15) is 17.6 Å². The fourth-order valence-corrected chi connectivity index (χ4v) is 3.59. The van der Waals surface area contributed by atoms with E-state index in [1.807, 2.05) is 6.92 Å². The molecule has 0 aromatic heterocycles. The number of piperidine rings is 1. The standard InChI is InChI=1S/C15H22FN3O3S/c1-10(17)12-4-3-7-19(9-12)15(20)11-5-6-13(16)14(8-11)23(21,22)18-2/h5-6,8,10,12,18H,3-4,7,9,17H2,1-2H3/t10-,12+/m1/s1. The van der Waals surface area contributed by atoms with Gasteiger partial charge in [-0.15, -0.1) is 0 Å². The van der Waals surface area contributed by atoms with Gasteiger partial charge < -0.3 is 10.6 Å². The van der Waals surface area contributed by atoms with E-state index in [0.717, 1.165) is 25.0 Å². The zero-order valence-electron chi connectivity index (χ0n) is 13.3. The van der Waals surface area contributed by atoms with Crippen molar-refractivity contribution in [3.8, 4) is 0 Å². The van der Waals surface area contributed by atoms with Gasteiger partial charge in [0.25, 0.3) is 5.91 Å². The van der Waals surface area contributed by atoms with Gasteiger partial charge in [-0.1, -0.05) is 0 Å². The fraction of sp³-hybridized carbons (Fsp3) is 0.533. The highest BCUT2D eigenvalue weighted by Crippen LogP contribution is 2.22. The van der Waals surface area contributed by atoms with Crippen molar-refractivity contribution >= 4 is 15.9 Å². The molecule has 0 aliphatic carbocycles. The Labute approximate surface area is 135 Å². The van der Waals surface area contributed by atoms with Crippen LogP contribution in [0.4, 0.5) is 4.39 Å². The van der Waals surface area contributed by atoms with Crippen molar-refractivity contribution in [2.45, 2.75) is 30.7 Å². The van der Waals surface area contributed by atoms with Crippen molar-refractivity contribution < 1.29 is 17.6 Å². The molecule has 0 saturated carbocycles. The van der Waals surface area contributed by atoms with Gasteiger partial charge in [0.1, 0.15) is 10.7 Å². The van der Waals surface area contributed by atoms with Crippen molar-refractivity contribution in [3.05, 3.63) is 29.6 Å². The lowest BCUT2D eigenvalue weighted by molar-refractivity contribution is 0.0660. The molecule has 1 fully saturated rings. The average molecular weight is 343 g/mol. The molecular formula is C15H22FN3O3S. The zero-order chi connectivity index (χ0) is 17.2. The monoisotopic (exact) mass is 343 g/mol. The van der Waals surface area contributed by atoms with Crippen molar-refractivity contribution in [2.24, 2.45) is 11.7 Å². The maximum Gasteiger partial charge on any atom is 0.253 e. The third-order valence-corrected chi connectivity index (χ3v) is 5.65. The number of sulfonamides is 1. The summed E-state index contributed by atoms with van der Waals surface area (Å²) in [5.41, 5.74) is 6.07. The van der Waals surface area contributed by atoms with Crippen molar-refractivity contribution in [3.63, 3.8) is 0 Å². The number of carbonyl (C=O) groups is 1. The summed E-state index contributed by atoms with van der Waals surface area (Å²) < 4.78 is 39.5. The Morgan fingerprint density at radius 3 is 2.78 bits per heavy atom. The molecule has 23 heavy (non-hydrogen) atoms. The Bertz CT molecular complexity index is 691. The molecule has 0 radical (unpaired) electrons. The minimum absolute atomic E-state index is 0.0148. The van der Waals surface area contributed by atoms with E-state index in [1.54, 1.807) is 4.90 Å². The summed E-state index contributed by atoms with van der Waals surface area (Å²) in [6, 6.07) is 3.38. The van der Waals surface area contributed by atoms with Gasteiger partial charge >= 0.3 is 0 Å². The van der Waals surface area contributed by atoms with Crippen LogP contribution in [0.1, 0.15) is 30.1 Å². The molecule has 2 atom stereocenters.